The molecule has 2 heterocycles. The van der Waals surface area contributed by atoms with Crippen LogP contribution in [0.25, 0.3) is 0 Å². The van der Waals surface area contributed by atoms with Crippen LogP contribution in [0.3, 0.4) is 0 Å². The van der Waals surface area contributed by atoms with Gasteiger partial charge in [0.1, 0.15) is 5.82 Å². The van der Waals surface area contributed by atoms with Gasteiger partial charge in [-0.3, -0.25) is 4.90 Å². The third kappa shape index (κ3) is 3.13. The van der Waals surface area contributed by atoms with Crippen molar-refractivity contribution in [2.75, 3.05) is 37.6 Å². The smallest absolute Gasteiger partial charge is 0.128 e. The Labute approximate surface area is 132 Å². The van der Waals surface area contributed by atoms with Crippen molar-refractivity contribution < 1.29 is 0 Å². The highest BCUT2D eigenvalue weighted by atomic mass is 15.3. The maximum Gasteiger partial charge on any atom is 0.128 e. The van der Waals surface area contributed by atoms with Crippen molar-refractivity contribution in [2.45, 2.75) is 13.0 Å². The van der Waals surface area contributed by atoms with E-state index in [1.807, 2.05) is 18.3 Å². The lowest BCUT2D eigenvalue weighted by Crippen LogP contribution is -2.49. The number of nitrogens with zero attached hydrogens (tertiary/aromatic N) is 3. The van der Waals surface area contributed by atoms with Gasteiger partial charge in [-0.25, -0.2) is 4.98 Å². The second-order valence-corrected chi connectivity index (χ2v) is 5.82. The van der Waals surface area contributed by atoms with Gasteiger partial charge in [0.05, 0.1) is 0 Å². The lowest BCUT2D eigenvalue weighted by molar-refractivity contribution is 0.189. The zero-order chi connectivity index (χ0) is 15.4. The van der Waals surface area contributed by atoms with Gasteiger partial charge in [0.15, 0.2) is 0 Å². The van der Waals surface area contributed by atoms with Gasteiger partial charge in [0, 0.05) is 45.0 Å². The molecule has 4 nitrogen and oxygen atoms in total. The van der Waals surface area contributed by atoms with Crippen LogP contribution in [0.1, 0.15) is 17.2 Å². The van der Waals surface area contributed by atoms with Crippen molar-refractivity contribution in [3.63, 3.8) is 0 Å². The maximum atomic E-state index is 6.08. The Morgan fingerprint density at radius 2 is 1.77 bits per heavy atom. The number of benzene rings is 1. The summed E-state index contributed by atoms with van der Waals surface area (Å²) in [5.41, 5.74) is 8.76. The highest BCUT2D eigenvalue weighted by Gasteiger charge is 2.25. The van der Waals surface area contributed by atoms with Gasteiger partial charge in [0.25, 0.3) is 0 Å². The summed E-state index contributed by atoms with van der Waals surface area (Å²) < 4.78 is 0. The van der Waals surface area contributed by atoms with Crippen molar-refractivity contribution in [3.05, 3.63) is 59.8 Å². The van der Waals surface area contributed by atoms with Crippen LogP contribution in [-0.4, -0.2) is 42.6 Å². The predicted molar refractivity (Wildman–Crippen MR) is 91.0 cm³/mol. The monoisotopic (exact) mass is 296 g/mol. The fourth-order valence-electron chi connectivity index (χ4n) is 3.24. The minimum Gasteiger partial charge on any atom is -0.354 e. The van der Waals surface area contributed by atoms with Gasteiger partial charge < -0.3 is 10.6 Å². The van der Waals surface area contributed by atoms with Crippen LogP contribution in [0.2, 0.25) is 0 Å². The molecule has 0 radical (unpaired) electrons. The van der Waals surface area contributed by atoms with E-state index in [1.54, 1.807) is 0 Å². The number of hydrogen-bond donors (Lipinski definition) is 1. The molecule has 2 aromatic rings. The largest absolute Gasteiger partial charge is 0.354 e. The summed E-state index contributed by atoms with van der Waals surface area (Å²) in [5, 5.41) is 0. The van der Waals surface area contributed by atoms with Gasteiger partial charge in [-0.1, -0.05) is 30.3 Å². The van der Waals surface area contributed by atoms with Crippen LogP contribution in [0, 0.1) is 6.92 Å². The van der Waals surface area contributed by atoms with Gasteiger partial charge >= 0.3 is 0 Å². The Bertz CT molecular complexity index is 591. The van der Waals surface area contributed by atoms with E-state index < -0.39 is 0 Å². The third-order valence-electron chi connectivity index (χ3n) is 4.50. The van der Waals surface area contributed by atoms with Crippen LogP contribution in [0.4, 0.5) is 5.82 Å². The Balaban J connectivity index is 1.68. The first-order valence-corrected chi connectivity index (χ1v) is 7.95. The molecule has 1 aromatic carbocycles. The molecule has 116 valence electrons. The minimum atomic E-state index is 0.312. The molecule has 3 rings (SSSR count). The number of aromatic nitrogens is 1. The summed E-state index contributed by atoms with van der Waals surface area (Å²) in [6, 6.07) is 15.0. The van der Waals surface area contributed by atoms with E-state index in [0.717, 1.165) is 32.0 Å². The Hall–Kier alpha value is -1.91. The molecular weight excluding hydrogens is 272 g/mol. The molecule has 0 bridgehead atoms. The molecule has 0 aliphatic carbocycles. The molecule has 22 heavy (non-hydrogen) atoms. The SMILES string of the molecule is Cc1ccccc1C(CN)N1CCN(c2ccccn2)CC1. The second-order valence-electron chi connectivity index (χ2n) is 5.82. The summed E-state index contributed by atoms with van der Waals surface area (Å²) >= 11 is 0. The molecule has 1 aliphatic rings. The molecule has 4 heteroatoms. The van der Waals surface area contributed by atoms with E-state index in [-0.39, 0.29) is 0 Å². The Morgan fingerprint density at radius 3 is 2.41 bits per heavy atom. The van der Waals surface area contributed by atoms with E-state index in [0.29, 0.717) is 12.6 Å². The van der Waals surface area contributed by atoms with Crippen molar-refractivity contribution in [2.24, 2.45) is 5.73 Å². The molecule has 1 aromatic heterocycles. The van der Waals surface area contributed by atoms with E-state index >= 15 is 0 Å². The first-order chi connectivity index (χ1) is 10.8. The third-order valence-corrected chi connectivity index (χ3v) is 4.50. The first kappa shape index (κ1) is 15.0. The van der Waals surface area contributed by atoms with Crippen LogP contribution in [-0.2, 0) is 0 Å². The van der Waals surface area contributed by atoms with E-state index in [9.17, 15) is 0 Å². The molecule has 0 amide bonds. The van der Waals surface area contributed by atoms with Crippen molar-refractivity contribution >= 4 is 5.82 Å². The van der Waals surface area contributed by atoms with Crippen molar-refractivity contribution in [3.8, 4) is 0 Å². The Morgan fingerprint density at radius 1 is 1.05 bits per heavy atom. The highest BCUT2D eigenvalue weighted by Crippen LogP contribution is 2.25. The lowest BCUT2D eigenvalue weighted by Gasteiger charge is -2.40. The minimum absolute atomic E-state index is 0.312. The molecule has 1 unspecified atom stereocenters. The lowest BCUT2D eigenvalue weighted by atomic mass is 9.99. The molecule has 1 saturated heterocycles. The van der Waals surface area contributed by atoms with Crippen molar-refractivity contribution in [1.82, 2.24) is 9.88 Å². The number of hydrogen-bond acceptors (Lipinski definition) is 4. The van der Waals surface area contributed by atoms with E-state index in [1.165, 1.54) is 11.1 Å². The summed E-state index contributed by atoms with van der Waals surface area (Å²) in [7, 11) is 0. The summed E-state index contributed by atoms with van der Waals surface area (Å²) in [4.78, 5) is 9.30. The molecule has 0 spiro atoms. The molecule has 2 N–H and O–H groups in total. The number of pyridine rings is 1. The zero-order valence-corrected chi connectivity index (χ0v) is 13.2. The molecule has 0 saturated carbocycles. The number of anilines is 1. The number of aryl methyl sites for hydroxylation is 1. The number of nitrogens with two attached hydrogens (primary N) is 1. The van der Waals surface area contributed by atoms with Crippen molar-refractivity contribution in [1.29, 1.82) is 0 Å². The first-order valence-electron chi connectivity index (χ1n) is 7.95. The molecular formula is C18H24N4. The summed E-state index contributed by atoms with van der Waals surface area (Å²) in [5.74, 6) is 1.07. The molecule has 1 aliphatic heterocycles. The topological polar surface area (TPSA) is 45.4 Å². The molecule has 1 atom stereocenters. The number of rotatable bonds is 4. The zero-order valence-electron chi connectivity index (χ0n) is 13.2. The van der Waals surface area contributed by atoms with Crippen LogP contribution < -0.4 is 10.6 Å². The molecule has 1 fully saturated rings. The van der Waals surface area contributed by atoms with Crippen LogP contribution in [0.5, 0.6) is 0 Å². The fourth-order valence-corrected chi connectivity index (χ4v) is 3.24. The Kier molecular flexibility index (Phi) is 4.71. The van der Waals surface area contributed by atoms with Crippen LogP contribution >= 0.6 is 0 Å². The maximum absolute atomic E-state index is 6.08. The normalized spacial score (nSPS) is 17.5. The quantitative estimate of drug-likeness (QED) is 0.939. The van der Waals surface area contributed by atoms with E-state index in [4.69, 9.17) is 5.73 Å². The predicted octanol–water partition coefficient (Wildman–Crippen LogP) is 2.21. The van der Waals surface area contributed by atoms with Gasteiger partial charge in [-0.05, 0) is 30.2 Å². The van der Waals surface area contributed by atoms with Gasteiger partial charge in [-0.15, -0.1) is 0 Å². The van der Waals surface area contributed by atoms with Crippen LogP contribution in [0.15, 0.2) is 48.7 Å². The highest BCUT2D eigenvalue weighted by molar-refractivity contribution is 5.38. The summed E-state index contributed by atoms with van der Waals surface area (Å²) in [6.45, 7) is 6.87. The van der Waals surface area contributed by atoms with Gasteiger partial charge in [0.2, 0.25) is 0 Å². The fraction of sp³-hybridized carbons (Fsp3) is 0.389. The van der Waals surface area contributed by atoms with Gasteiger partial charge in [-0.2, -0.15) is 0 Å². The average molecular weight is 296 g/mol. The standard InChI is InChI=1S/C18H24N4/c1-15-6-2-3-7-16(15)17(14-19)21-10-12-22(13-11-21)18-8-4-5-9-20-18/h2-9,17H,10-14,19H2,1H3. The number of piperazine rings is 1. The van der Waals surface area contributed by atoms with E-state index in [2.05, 4.69) is 52.0 Å². The summed E-state index contributed by atoms with van der Waals surface area (Å²) in [6.07, 6.45) is 1.86. The average Bonchev–Trinajstić information content (AvgIpc) is 2.59. The second kappa shape index (κ2) is 6.90.